The van der Waals surface area contributed by atoms with Crippen LogP contribution >= 0.6 is 0 Å². The van der Waals surface area contributed by atoms with E-state index in [9.17, 15) is 0 Å². The summed E-state index contributed by atoms with van der Waals surface area (Å²) in [5.74, 6) is 0.764. The molecule has 2 aliphatic heterocycles. The first kappa shape index (κ1) is 13.3. The van der Waals surface area contributed by atoms with Crippen LogP contribution in [0.15, 0.2) is 0 Å². The van der Waals surface area contributed by atoms with Crippen molar-refractivity contribution in [1.29, 1.82) is 0 Å². The molecule has 2 fully saturated rings. The van der Waals surface area contributed by atoms with E-state index >= 15 is 0 Å². The minimum Gasteiger partial charge on any atom is -0.376 e. The number of ether oxygens (including phenoxy) is 1. The standard InChI is InChI=1S/C14H28N2O/c1-4-13-9-16(7-8-17-13)11-14(12(2)3)5-6-15-10-14/h12-13,15H,4-11H2,1-3H3. The van der Waals surface area contributed by atoms with Crippen molar-refractivity contribution in [2.75, 3.05) is 39.3 Å². The van der Waals surface area contributed by atoms with E-state index in [1.165, 1.54) is 26.1 Å². The van der Waals surface area contributed by atoms with Gasteiger partial charge in [-0.05, 0) is 30.7 Å². The van der Waals surface area contributed by atoms with Crippen LogP contribution in [0.1, 0.15) is 33.6 Å². The molecule has 2 rings (SSSR count). The number of nitrogens with one attached hydrogen (secondary N) is 1. The van der Waals surface area contributed by atoms with Gasteiger partial charge in [-0.2, -0.15) is 0 Å². The van der Waals surface area contributed by atoms with Crippen molar-refractivity contribution < 1.29 is 4.74 Å². The van der Waals surface area contributed by atoms with Crippen molar-refractivity contribution in [1.82, 2.24) is 10.2 Å². The van der Waals surface area contributed by atoms with Gasteiger partial charge in [0.05, 0.1) is 12.7 Å². The first-order valence-corrected chi connectivity index (χ1v) is 7.21. The lowest BCUT2D eigenvalue weighted by Crippen LogP contribution is -2.49. The maximum atomic E-state index is 5.76. The van der Waals surface area contributed by atoms with E-state index in [4.69, 9.17) is 4.74 Å². The van der Waals surface area contributed by atoms with Gasteiger partial charge in [0, 0.05) is 26.2 Å². The first-order valence-electron chi connectivity index (χ1n) is 7.21. The molecule has 2 heterocycles. The van der Waals surface area contributed by atoms with Crippen LogP contribution in [0.3, 0.4) is 0 Å². The van der Waals surface area contributed by atoms with Crippen LogP contribution in [0.25, 0.3) is 0 Å². The molecular weight excluding hydrogens is 212 g/mol. The molecular formula is C14H28N2O. The van der Waals surface area contributed by atoms with Crippen molar-refractivity contribution in [2.24, 2.45) is 11.3 Å². The molecule has 0 aromatic rings. The Morgan fingerprint density at radius 2 is 2.29 bits per heavy atom. The molecule has 100 valence electrons. The van der Waals surface area contributed by atoms with Crippen molar-refractivity contribution in [3.8, 4) is 0 Å². The highest BCUT2D eigenvalue weighted by Gasteiger charge is 2.39. The molecule has 0 aromatic carbocycles. The summed E-state index contributed by atoms with van der Waals surface area (Å²) in [4.78, 5) is 2.63. The Labute approximate surface area is 106 Å². The van der Waals surface area contributed by atoms with Crippen molar-refractivity contribution in [3.63, 3.8) is 0 Å². The van der Waals surface area contributed by atoms with Gasteiger partial charge in [0.1, 0.15) is 0 Å². The van der Waals surface area contributed by atoms with Gasteiger partial charge in [-0.3, -0.25) is 4.90 Å². The molecule has 3 nitrogen and oxygen atoms in total. The van der Waals surface area contributed by atoms with Gasteiger partial charge in [0.2, 0.25) is 0 Å². The third kappa shape index (κ3) is 3.01. The summed E-state index contributed by atoms with van der Waals surface area (Å²) < 4.78 is 5.76. The van der Waals surface area contributed by atoms with Gasteiger partial charge in [-0.1, -0.05) is 20.8 Å². The van der Waals surface area contributed by atoms with E-state index in [0.29, 0.717) is 11.5 Å². The molecule has 0 amide bonds. The summed E-state index contributed by atoms with van der Waals surface area (Å²) in [7, 11) is 0. The average molecular weight is 240 g/mol. The molecule has 2 saturated heterocycles. The smallest absolute Gasteiger partial charge is 0.0700 e. The Kier molecular flexibility index (Phi) is 4.45. The van der Waals surface area contributed by atoms with Gasteiger partial charge in [0.25, 0.3) is 0 Å². The second-order valence-electron chi connectivity index (χ2n) is 6.08. The summed E-state index contributed by atoms with van der Waals surface area (Å²) in [6.45, 7) is 13.8. The third-order valence-electron chi connectivity index (χ3n) is 4.72. The zero-order valence-corrected chi connectivity index (χ0v) is 11.7. The van der Waals surface area contributed by atoms with E-state index in [-0.39, 0.29) is 0 Å². The molecule has 0 aliphatic carbocycles. The Hall–Kier alpha value is -0.120. The monoisotopic (exact) mass is 240 g/mol. The zero-order valence-electron chi connectivity index (χ0n) is 11.7. The lowest BCUT2D eigenvalue weighted by molar-refractivity contribution is -0.0454. The lowest BCUT2D eigenvalue weighted by Gasteiger charge is -2.41. The van der Waals surface area contributed by atoms with E-state index in [1.54, 1.807) is 0 Å². The molecule has 1 N–H and O–H groups in total. The highest BCUT2D eigenvalue weighted by Crippen LogP contribution is 2.35. The number of hydrogen-bond acceptors (Lipinski definition) is 3. The quantitative estimate of drug-likeness (QED) is 0.810. The van der Waals surface area contributed by atoms with E-state index in [2.05, 4.69) is 31.0 Å². The van der Waals surface area contributed by atoms with Crippen LogP contribution in [-0.4, -0.2) is 50.3 Å². The van der Waals surface area contributed by atoms with Crippen molar-refractivity contribution in [2.45, 2.75) is 39.7 Å². The fourth-order valence-electron chi connectivity index (χ4n) is 3.19. The van der Waals surface area contributed by atoms with Gasteiger partial charge in [-0.25, -0.2) is 0 Å². The summed E-state index contributed by atoms with van der Waals surface area (Å²) >= 11 is 0. The second-order valence-corrected chi connectivity index (χ2v) is 6.08. The minimum absolute atomic E-state index is 0.460. The molecule has 0 radical (unpaired) electrons. The Balaban J connectivity index is 1.93. The summed E-state index contributed by atoms with van der Waals surface area (Å²) in [6, 6.07) is 0. The van der Waals surface area contributed by atoms with Crippen LogP contribution in [0.4, 0.5) is 0 Å². The van der Waals surface area contributed by atoms with Crippen LogP contribution in [0.2, 0.25) is 0 Å². The van der Waals surface area contributed by atoms with Crippen LogP contribution in [0.5, 0.6) is 0 Å². The first-order chi connectivity index (χ1) is 8.16. The predicted molar refractivity (Wildman–Crippen MR) is 71.2 cm³/mol. The fraction of sp³-hybridized carbons (Fsp3) is 1.00. The highest BCUT2D eigenvalue weighted by molar-refractivity contribution is 4.93. The van der Waals surface area contributed by atoms with E-state index < -0.39 is 0 Å². The van der Waals surface area contributed by atoms with E-state index in [1.807, 2.05) is 0 Å². The molecule has 0 saturated carbocycles. The van der Waals surface area contributed by atoms with Gasteiger partial charge in [0.15, 0.2) is 0 Å². The SMILES string of the molecule is CCC1CN(CC2(C(C)C)CCNC2)CCO1. The third-order valence-corrected chi connectivity index (χ3v) is 4.72. The van der Waals surface area contributed by atoms with E-state index in [0.717, 1.165) is 32.0 Å². The number of hydrogen-bond donors (Lipinski definition) is 1. The van der Waals surface area contributed by atoms with Crippen LogP contribution in [-0.2, 0) is 4.74 Å². The number of morpholine rings is 1. The maximum absolute atomic E-state index is 5.76. The summed E-state index contributed by atoms with van der Waals surface area (Å²) in [5, 5.41) is 3.55. The van der Waals surface area contributed by atoms with Crippen molar-refractivity contribution in [3.05, 3.63) is 0 Å². The Morgan fingerprint density at radius 3 is 2.88 bits per heavy atom. The van der Waals surface area contributed by atoms with Crippen LogP contribution < -0.4 is 5.32 Å². The normalized spacial score (nSPS) is 35.6. The van der Waals surface area contributed by atoms with Gasteiger partial charge < -0.3 is 10.1 Å². The molecule has 2 atom stereocenters. The number of rotatable bonds is 4. The molecule has 3 heteroatoms. The average Bonchev–Trinajstić information content (AvgIpc) is 2.79. The second kappa shape index (κ2) is 5.68. The molecule has 0 bridgehead atoms. The molecule has 0 spiro atoms. The Bertz CT molecular complexity index is 236. The van der Waals surface area contributed by atoms with Gasteiger partial charge >= 0.3 is 0 Å². The summed E-state index contributed by atoms with van der Waals surface area (Å²) in [6.07, 6.45) is 2.93. The topological polar surface area (TPSA) is 24.5 Å². The largest absolute Gasteiger partial charge is 0.376 e. The predicted octanol–water partition coefficient (Wildman–Crippen LogP) is 1.73. The van der Waals surface area contributed by atoms with Crippen LogP contribution in [0, 0.1) is 11.3 Å². The fourth-order valence-corrected chi connectivity index (χ4v) is 3.19. The lowest BCUT2D eigenvalue weighted by atomic mass is 9.76. The summed E-state index contributed by atoms with van der Waals surface area (Å²) in [5.41, 5.74) is 0.496. The molecule has 2 unspecified atom stereocenters. The Morgan fingerprint density at radius 1 is 1.47 bits per heavy atom. The minimum atomic E-state index is 0.460. The van der Waals surface area contributed by atoms with Gasteiger partial charge in [-0.15, -0.1) is 0 Å². The zero-order chi connectivity index (χ0) is 12.3. The molecule has 17 heavy (non-hydrogen) atoms. The molecule has 2 aliphatic rings. The highest BCUT2D eigenvalue weighted by atomic mass is 16.5. The maximum Gasteiger partial charge on any atom is 0.0700 e. The molecule has 0 aromatic heterocycles. The number of nitrogens with zero attached hydrogens (tertiary/aromatic N) is 1. The van der Waals surface area contributed by atoms with Crippen molar-refractivity contribution >= 4 is 0 Å².